The third-order valence-corrected chi connectivity index (χ3v) is 5.19. The van der Waals surface area contributed by atoms with Gasteiger partial charge < -0.3 is 5.32 Å². The number of anilines is 1. The number of hydrogen-bond acceptors (Lipinski definition) is 5. The highest BCUT2D eigenvalue weighted by Crippen LogP contribution is 2.27. The standard InChI is InChI=1S/C18H15N3O2S2/c22-16(21-17(23)19-14-9-5-2-6-10-14)12-25-18-20-15(11-24-18)13-7-3-1-4-8-13/h1-11H,12H2,(H2,19,21,22,23). The molecular weight excluding hydrogens is 354 g/mol. The van der Waals surface area contributed by atoms with Crippen LogP contribution in [0.4, 0.5) is 10.5 Å². The number of urea groups is 1. The molecule has 5 nitrogen and oxygen atoms in total. The quantitative estimate of drug-likeness (QED) is 0.660. The van der Waals surface area contributed by atoms with Crippen molar-refractivity contribution in [1.82, 2.24) is 10.3 Å². The van der Waals surface area contributed by atoms with Gasteiger partial charge in [0.2, 0.25) is 5.91 Å². The molecule has 0 aliphatic carbocycles. The first-order valence-electron chi connectivity index (χ1n) is 7.50. The summed E-state index contributed by atoms with van der Waals surface area (Å²) in [7, 11) is 0. The van der Waals surface area contributed by atoms with Gasteiger partial charge in [-0.1, -0.05) is 60.3 Å². The molecule has 7 heteroatoms. The van der Waals surface area contributed by atoms with E-state index in [0.717, 1.165) is 15.6 Å². The lowest BCUT2D eigenvalue weighted by Gasteiger charge is -2.05. The van der Waals surface area contributed by atoms with Gasteiger partial charge in [0.05, 0.1) is 11.4 Å². The number of para-hydroxylation sites is 1. The van der Waals surface area contributed by atoms with Crippen molar-refractivity contribution in [2.45, 2.75) is 4.34 Å². The van der Waals surface area contributed by atoms with Crippen LogP contribution in [0.2, 0.25) is 0 Å². The molecule has 126 valence electrons. The molecule has 2 aromatic carbocycles. The topological polar surface area (TPSA) is 71.1 Å². The van der Waals surface area contributed by atoms with Gasteiger partial charge in [-0.3, -0.25) is 10.1 Å². The minimum atomic E-state index is -0.541. The maximum Gasteiger partial charge on any atom is 0.325 e. The van der Waals surface area contributed by atoms with Crippen molar-refractivity contribution in [3.8, 4) is 11.3 Å². The zero-order valence-corrected chi connectivity index (χ0v) is 14.8. The number of nitrogens with one attached hydrogen (secondary N) is 2. The van der Waals surface area contributed by atoms with Crippen LogP contribution >= 0.6 is 23.1 Å². The van der Waals surface area contributed by atoms with E-state index in [-0.39, 0.29) is 11.7 Å². The van der Waals surface area contributed by atoms with Crippen molar-refractivity contribution < 1.29 is 9.59 Å². The van der Waals surface area contributed by atoms with Crippen LogP contribution in [0, 0.1) is 0 Å². The number of benzene rings is 2. The first kappa shape index (κ1) is 17.2. The van der Waals surface area contributed by atoms with E-state index in [1.54, 1.807) is 24.3 Å². The summed E-state index contributed by atoms with van der Waals surface area (Å²) in [6.45, 7) is 0. The molecule has 0 saturated carbocycles. The Kier molecular flexibility index (Phi) is 5.81. The fourth-order valence-electron chi connectivity index (χ4n) is 2.04. The normalized spacial score (nSPS) is 10.2. The van der Waals surface area contributed by atoms with Crippen LogP contribution in [0.1, 0.15) is 0 Å². The zero-order chi connectivity index (χ0) is 17.5. The summed E-state index contributed by atoms with van der Waals surface area (Å²) in [5, 5.41) is 6.86. The zero-order valence-electron chi connectivity index (χ0n) is 13.1. The van der Waals surface area contributed by atoms with Crippen LogP contribution in [0.15, 0.2) is 70.4 Å². The first-order chi connectivity index (χ1) is 12.2. The molecule has 1 aromatic heterocycles. The molecule has 0 aliphatic rings. The second kappa shape index (κ2) is 8.46. The van der Waals surface area contributed by atoms with E-state index in [0.29, 0.717) is 5.69 Å². The summed E-state index contributed by atoms with van der Waals surface area (Å²) in [6.07, 6.45) is 0. The molecule has 2 N–H and O–H groups in total. The second-order valence-corrected chi connectivity index (χ2v) is 7.10. The SMILES string of the molecule is O=C(CSc1nc(-c2ccccc2)cs1)NC(=O)Nc1ccccc1. The molecular formula is C18H15N3O2S2. The minimum Gasteiger partial charge on any atom is -0.308 e. The predicted octanol–water partition coefficient (Wildman–Crippen LogP) is 4.25. The van der Waals surface area contributed by atoms with Gasteiger partial charge in [-0.05, 0) is 12.1 Å². The fourth-order valence-corrected chi connectivity index (χ4v) is 3.67. The van der Waals surface area contributed by atoms with Gasteiger partial charge in [0.25, 0.3) is 0 Å². The predicted molar refractivity (Wildman–Crippen MR) is 102 cm³/mol. The molecule has 3 aromatic rings. The summed E-state index contributed by atoms with van der Waals surface area (Å²) in [5.41, 5.74) is 2.56. The van der Waals surface area contributed by atoms with Crippen LogP contribution in [0.3, 0.4) is 0 Å². The highest BCUT2D eigenvalue weighted by atomic mass is 32.2. The molecule has 0 unspecified atom stereocenters. The summed E-state index contributed by atoms with van der Waals surface area (Å²) in [6, 6.07) is 18.3. The van der Waals surface area contributed by atoms with Crippen molar-refractivity contribution in [2.24, 2.45) is 0 Å². The lowest BCUT2D eigenvalue weighted by atomic mass is 10.2. The molecule has 3 amide bonds. The minimum absolute atomic E-state index is 0.129. The molecule has 0 atom stereocenters. The molecule has 0 spiro atoms. The van der Waals surface area contributed by atoms with E-state index in [1.165, 1.54) is 23.1 Å². The Morgan fingerprint density at radius 1 is 1.00 bits per heavy atom. The largest absolute Gasteiger partial charge is 0.325 e. The number of thioether (sulfide) groups is 1. The summed E-state index contributed by atoms with van der Waals surface area (Å²) >= 11 is 2.79. The molecule has 1 heterocycles. The van der Waals surface area contributed by atoms with Crippen molar-refractivity contribution in [1.29, 1.82) is 0 Å². The Labute approximate surface area is 153 Å². The molecule has 0 saturated heterocycles. The lowest BCUT2D eigenvalue weighted by Crippen LogP contribution is -2.35. The number of carbonyl (C=O) groups excluding carboxylic acids is 2. The van der Waals surface area contributed by atoms with E-state index < -0.39 is 6.03 Å². The Morgan fingerprint density at radius 2 is 1.68 bits per heavy atom. The van der Waals surface area contributed by atoms with E-state index >= 15 is 0 Å². The highest BCUT2D eigenvalue weighted by Gasteiger charge is 2.11. The number of nitrogens with zero attached hydrogens (tertiary/aromatic N) is 1. The Balaban J connectivity index is 1.48. The maximum absolute atomic E-state index is 11.9. The van der Waals surface area contributed by atoms with E-state index in [2.05, 4.69) is 15.6 Å². The van der Waals surface area contributed by atoms with Crippen LogP contribution in [-0.4, -0.2) is 22.7 Å². The van der Waals surface area contributed by atoms with Gasteiger partial charge in [0.1, 0.15) is 0 Å². The Hall–Kier alpha value is -2.64. The average Bonchev–Trinajstić information content (AvgIpc) is 3.10. The summed E-state index contributed by atoms with van der Waals surface area (Å²) in [4.78, 5) is 28.1. The average molecular weight is 369 g/mol. The van der Waals surface area contributed by atoms with Crippen LogP contribution < -0.4 is 10.6 Å². The van der Waals surface area contributed by atoms with Gasteiger partial charge in [0.15, 0.2) is 4.34 Å². The third kappa shape index (κ3) is 5.17. The summed E-state index contributed by atoms with van der Waals surface area (Å²) in [5.74, 6) is -0.237. The number of rotatable bonds is 5. The maximum atomic E-state index is 11.9. The third-order valence-electron chi connectivity index (χ3n) is 3.16. The molecule has 0 radical (unpaired) electrons. The van der Waals surface area contributed by atoms with Crippen molar-refractivity contribution in [2.75, 3.05) is 11.1 Å². The monoisotopic (exact) mass is 369 g/mol. The molecule has 0 fully saturated rings. The van der Waals surface area contributed by atoms with Crippen molar-refractivity contribution >= 4 is 40.7 Å². The first-order valence-corrected chi connectivity index (χ1v) is 9.37. The number of amides is 3. The Morgan fingerprint density at radius 3 is 2.40 bits per heavy atom. The fraction of sp³-hybridized carbons (Fsp3) is 0.0556. The number of thiazole rings is 1. The highest BCUT2D eigenvalue weighted by molar-refractivity contribution is 8.01. The van der Waals surface area contributed by atoms with Gasteiger partial charge in [0, 0.05) is 16.6 Å². The summed E-state index contributed by atoms with van der Waals surface area (Å²) < 4.78 is 0.789. The van der Waals surface area contributed by atoms with E-state index in [4.69, 9.17) is 0 Å². The number of imide groups is 1. The van der Waals surface area contributed by atoms with Crippen LogP contribution in [0.5, 0.6) is 0 Å². The van der Waals surface area contributed by atoms with Gasteiger partial charge in [-0.15, -0.1) is 11.3 Å². The lowest BCUT2D eigenvalue weighted by molar-refractivity contribution is -0.117. The van der Waals surface area contributed by atoms with Crippen LogP contribution in [-0.2, 0) is 4.79 Å². The number of aromatic nitrogens is 1. The van der Waals surface area contributed by atoms with Gasteiger partial charge >= 0.3 is 6.03 Å². The van der Waals surface area contributed by atoms with E-state index in [1.807, 2.05) is 41.8 Å². The molecule has 0 aliphatic heterocycles. The van der Waals surface area contributed by atoms with Crippen molar-refractivity contribution in [3.63, 3.8) is 0 Å². The smallest absolute Gasteiger partial charge is 0.308 e. The molecule has 3 rings (SSSR count). The van der Waals surface area contributed by atoms with Crippen LogP contribution in [0.25, 0.3) is 11.3 Å². The van der Waals surface area contributed by atoms with E-state index in [9.17, 15) is 9.59 Å². The van der Waals surface area contributed by atoms with Crippen molar-refractivity contribution in [3.05, 3.63) is 66.0 Å². The molecule has 0 bridgehead atoms. The number of hydrogen-bond donors (Lipinski definition) is 2. The molecule has 25 heavy (non-hydrogen) atoms. The second-order valence-electron chi connectivity index (χ2n) is 5.02. The van der Waals surface area contributed by atoms with Gasteiger partial charge in [-0.25, -0.2) is 9.78 Å². The van der Waals surface area contributed by atoms with Gasteiger partial charge in [-0.2, -0.15) is 0 Å². The Bertz CT molecular complexity index is 851. The number of carbonyl (C=O) groups is 2.